The number of rotatable bonds is 5. The fourth-order valence-corrected chi connectivity index (χ4v) is 2.42. The van der Waals surface area contributed by atoms with Gasteiger partial charge in [-0.05, 0) is 48.5 Å². The fourth-order valence-electron chi connectivity index (χ4n) is 2.42. The van der Waals surface area contributed by atoms with E-state index in [1.807, 2.05) is 36.4 Å². The van der Waals surface area contributed by atoms with Crippen LogP contribution in [-0.4, -0.2) is 23.0 Å². The van der Waals surface area contributed by atoms with E-state index in [9.17, 15) is 4.79 Å². The highest BCUT2D eigenvalue weighted by Crippen LogP contribution is 2.20. The normalized spacial score (nSPS) is 10.0. The largest absolute Gasteiger partial charge is 0.497 e. The molecule has 0 fully saturated rings. The van der Waals surface area contributed by atoms with Crippen molar-refractivity contribution >= 4 is 5.91 Å². The number of amides is 1. The van der Waals surface area contributed by atoms with Crippen molar-refractivity contribution in [1.82, 2.24) is 15.3 Å². The molecule has 1 heterocycles. The number of benzene rings is 2. The second-order valence-electron chi connectivity index (χ2n) is 5.50. The summed E-state index contributed by atoms with van der Waals surface area (Å²) >= 11 is 0. The van der Waals surface area contributed by atoms with Crippen LogP contribution in [0.4, 0.5) is 0 Å². The number of nitriles is 1. The molecule has 0 unspecified atom stereocenters. The Bertz CT molecular complexity index is 962. The summed E-state index contributed by atoms with van der Waals surface area (Å²) in [6.07, 6.45) is 1.47. The van der Waals surface area contributed by atoms with Crippen molar-refractivity contribution in [1.29, 1.82) is 5.26 Å². The number of nitrogens with one attached hydrogen (secondary N) is 1. The lowest BCUT2D eigenvalue weighted by Gasteiger charge is -2.07. The van der Waals surface area contributed by atoms with Gasteiger partial charge in [0, 0.05) is 11.1 Å². The topological polar surface area (TPSA) is 87.9 Å². The first kappa shape index (κ1) is 17.1. The molecule has 2 aromatic carbocycles. The molecule has 1 aromatic heterocycles. The van der Waals surface area contributed by atoms with Crippen LogP contribution in [0.1, 0.15) is 21.6 Å². The second kappa shape index (κ2) is 7.90. The summed E-state index contributed by atoms with van der Waals surface area (Å²) < 4.78 is 5.15. The Morgan fingerprint density at radius 1 is 1.15 bits per heavy atom. The van der Waals surface area contributed by atoms with Crippen LogP contribution < -0.4 is 10.1 Å². The standard InChI is InChI=1S/C20H16N4O2/c1-26-18-7-5-15(6-8-18)19-10-17(23-13-24-19)12-22-20(25)16-4-2-3-14(9-16)11-21/h2-10,13H,12H2,1H3,(H,22,25). The molecule has 0 atom stereocenters. The first-order valence-corrected chi connectivity index (χ1v) is 7.93. The highest BCUT2D eigenvalue weighted by molar-refractivity contribution is 5.94. The first-order chi connectivity index (χ1) is 12.7. The molecule has 26 heavy (non-hydrogen) atoms. The molecule has 0 bridgehead atoms. The van der Waals surface area contributed by atoms with Crippen molar-refractivity contribution in [2.24, 2.45) is 0 Å². The van der Waals surface area contributed by atoms with Gasteiger partial charge in [0.15, 0.2) is 0 Å². The van der Waals surface area contributed by atoms with E-state index in [2.05, 4.69) is 15.3 Å². The van der Waals surface area contributed by atoms with E-state index in [1.165, 1.54) is 6.33 Å². The monoisotopic (exact) mass is 344 g/mol. The number of ether oxygens (including phenoxy) is 1. The minimum atomic E-state index is -0.258. The van der Waals surface area contributed by atoms with Gasteiger partial charge in [-0.25, -0.2) is 9.97 Å². The number of aromatic nitrogens is 2. The van der Waals surface area contributed by atoms with Crippen LogP contribution >= 0.6 is 0 Å². The zero-order chi connectivity index (χ0) is 18.4. The predicted octanol–water partition coefficient (Wildman–Crippen LogP) is 2.95. The molecular formula is C20H16N4O2. The summed E-state index contributed by atoms with van der Waals surface area (Å²) in [5.41, 5.74) is 3.27. The van der Waals surface area contributed by atoms with E-state index < -0.39 is 0 Å². The quantitative estimate of drug-likeness (QED) is 0.769. The summed E-state index contributed by atoms with van der Waals surface area (Å²) in [5.74, 6) is 0.515. The van der Waals surface area contributed by atoms with E-state index in [0.29, 0.717) is 16.8 Å². The third-order valence-corrected chi connectivity index (χ3v) is 3.79. The van der Waals surface area contributed by atoms with Crippen molar-refractivity contribution < 1.29 is 9.53 Å². The molecular weight excluding hydrogens is 328 g/mol. The van der Waals surface area contributed by atoms with Gasteiger partial charge in [-0.1, -0.05) is 6.07 Å². The van der Waals surface area contributed by atoms with Gasteiger partial charge in [-0.15, -0.1) is 0 Å². The number of carbonyl (C=O) groups excluding carboxylic acids is 1. The first-order valence-electron chi connectivity index (χ1n) is 7.93. The summed E-state index contributed by atoms with van der Waals surface area (Å²) in [4.78, 5) is 20.7. The molecule has 128 valence electrons. The molecule has 1 amide bonds. The minimum absolute atomic E-state index is 0.258. The van der Waals surface area contributed by atoms with Crippen LogP contribution in [0.2, 0.25) is 0 Å². The molecule has 0 aliphatic heterocycles. The van der Waals surface area contributed by atoms with Crippen LogP contribution in [0.5, 0.6) is 5.75 Å². The van der Waals surface area contributed by atoms with E-state index in [-0.39, 0.29) is 12.5 Å². The maximum atomic E-state index is 12.2. The van der Waals surface area contributed by atoms with Crippen LogP contribution in [0.15, 0.2) is 60.9 Å². The molecule has 6 heteroatoms. The van der Waals surface area contributed by atoms with Gasteiger partial charge in [0.2, 0.25) is 0 Å². The van der Waals surface area contributed by atoms with Crippen molar-refractivity contribution in [2.45, 2.75) is 6.54 Å². The van der Waals surface area contributed by atoms with Crippen LogP contribution in [0.25, 0.3) is 11.3 Å². The number of hydrogen-bond acceptors (Lipinski definition) is 5. The van der Waals surface area contributed by atoms with E-state index >= 15 is 0 Å². The highest BCUT2D eigenvalue weighted by Gasteiger charge is 2.08. The van der Waals surface area contributed by atoms with E-state index in [1.54, 1.807) is 31.4 Å². The molecule has 1 N–H and O–H groups in total. The molecule has 3 aromatic rings. The third-order valence-electron chi connectivity index (χ3n) is 3.79. The average molecular weight is 344 g/mol. The predicted molar refractivity (Wildman–Crippen MR) is 96.3 cm³/mol. The zero-order valence-electron chi connectivity index (χ0n) is 14.1. The lowest BCUT2D eigenvalue weighted by Crippen LogP contribution is -2.23. The van der Waals surface area contributed by atoms with E-state index in [4.69, 9.17) is 10.00 Å². The maximum Gasteiger partial charge on any atom is 0.251 e. The lowest BCUT2D eigenvalue weighted by molar-refractivity contribution is 0.0950. The summed E-state index contributed by atoms with van der Waals surface area (Å²) in [7, 11) is 1.62. The molecule has 0 spiro atoms. The van der Waals surface area contributed by atoms with Gasteiger partial charge < -0.3 is 10.1 Å². The summed E-state index contributed by atoms with van der Waals surface area (Å²) in [6.45, 7) is 0.265. The van der Waals surface area contributed by atoms with Crippen molar-refractivity contribution in [3.63, 3.8) is 0 Å². The molecule has 0 saturated carbocycles. The van der Waals surface area contributed by atoms with Gasteiger partial charge in [0.05, 0.1) is 36.7 Å². The molecule has 6 nitrogen and oxygen atoms in total. The Morgan fingerprint density at radius 3 is 2.69 bits per heavy atom. The average Bonchev–Trinajstić information content (AvgIpc) is 2.72. The van der Waals surface area contributed by atoms with Gasteiger partial charge in [-0.3, -0.25) is 4.79 Å². The van der Waals surface area contributed by atoms with Gasteiger partial charge in [0.1, 0.15) is 12.1 Å². The number of nitrogens with zero attached hydrogens (tertiary/aromatic N) is 3. The molecule has 0 saturated heterocycles. The van der Waals surface area contributed by atoms with Gasteiger partial charge >= 0.3 is 0 Å². The smallest absolute Gasteiger partial charge is 0.251 e. The SMILES string of the molecule is COc1ccc(-c2cc(CNC(=O)c3cccc(C#N)c3)ncn2)cc1. The van der Waals surface area contributed by atoms with Crippen molar-refractivity contribution in [2.75, 3.05) is 7.11 Å². The third kappa shape index (κ3) is 4.02. The molecule has 3 rings (SSSR count). The maximum absolute atomic E-state index is 12.2. The minimum Gasteiger partial charge on any atom is -0.497 e. The van der Waals surface area contributed by atoms with E-state index in [0.717, 1.165) is 17.0 Å². The highest BCUT2D eigenvalue weighted by atomic mass is 16.5. The number of carbonyl (C=O) groups is 1. The van der Waals surface area contributed by atoms with Crippen LogP contribution in [0.3, 0.4) is 0 Å². The number of methoxy groups -OCH3 is 1. The Hall–Kier alpha value is -3.72. The van der Waals surface area contributed by atoms with Gasteiger partial charge in [0.25, 0.3) is 5.91 Å². The summed E-state index contributed by atoms with van der Waals surface area (Å²) in [5, 5.41) is 11.7. The Balaban J connectivity index is 1.70. The zero-order valence-corrected chi connectivity index (χ0v) is 14.1. The Labute approximate surface area is 151 Å². The second-order valence-corrected chi connectivity index (χ2v) is 5.50. The Kier molecular flexibility index (Phi) is 5.20. The number of hydrogen-bond donors (Lipinski definition) is 1. The lowest BCUT2D eigenvalue weighted by atomic mass is 10.1. The molecule has 0 radical (unpaired) electrons. The van der Waals surface area contributed by atoms with Crippen molar-refractivity contribution in [3.05, 3.63) is 77.7 Å². The summed E-state index contributed by atoms with van der Waals surface area (Å²) in [6, 6.07) is 18.0. The molecule has 0 aliphatic carbocycles. The van der Waals surface area contributed by atoms with Crippen molar-refractivity contribution in [3.8, 4) is 23.1 Å². The van der Waals surface area contributed by atoms with Crippen LogP contribution in [0, 0.1) is 11.3 Å². The molecule has 0 aliphatic rings. The van der Waals surface area contributed by atoms with Crippen LogP contribution in [-0.2, 0) is 6.54 Å². The van der Waals surface area contributed by atoms with Gasteiger partial charge in [-0.2, -0.15) is 5.26 Å². The fraction of sp³-hybridized carbons (Fsp3) is 0.100. The Morgan fingerprint density at radius 2 is 1.96 bits per heavy atom.